The summed E-state index contributed by atoms with van der Waals surface area (Å²) in [7, 11) is 0. The average Bonchev–Trinajstić information content (AvgIpc) is 2.82. The molecule has 5 nitrogen and oxygen atoms in total. The number of aliphatic hydroxyl groups is 1. The van der Waals surface area contributed by atoms with E-state index in [0.717, 1.165) is 11.1 Å². The normalized spacial score (nSPS) is 16.1. The van der Waals surface area contributed by atoms with Crippen LogP contribution in [0.1, 0.15) is 18.1 Å². The van der Waals surface area contributed by atoms with Crippen LogP contribution in [0.3, 0.4) is 0 Å². The molecule has 128 valence electrons. The summed E-state index contributed by atoms with van der Waals surface area (Å²) in [5, 5.41) is 9.00. The van der Waals surface area contributed by atoms with E-state index in [1.54, 1.807) is 0 Å². The van der Waals surface area contributed by atoms with Crippen molar-refractivity contribution in [1.29, 1.82) is 0 Å². The third kappa shape index (κ3) is 4.23. The van der Waals surface area contributed by atoms with Crippen molar-refractivity contribution in [3.8, 4) is 0 Å². The highest BCUT2D eigenvalue weighted by molar-refractivity contribution is 8.26. The first kappa shape index (κ1) is 18.6. The lowest BCUT2D eigenvalue weighted by Gasteiger charge is -2.22. The van der Waals surface area contributed by atoms with Gasteiger partial charge in [-0.05, 0) is 31.1 Å². The Bertz CT molecular complexity index is 688. The number of aliphatic hydroxyl groups excluding tert-OH is 1. The summed E-state index contributed by atoms with van der Waals surface area (Å²) in [5.74, 6) is -0.471. The lowest BCUT2D eigenvalue weighted by atomic mass is 10.1. The summed E-state index contributed by atoms with van der Waals surface area (Å²) in [6.07, 6.45) is 1.81. The lowest BCUT2D eigenvalue weighted by Crippen LogP contribution is -2.43. The zero-order valence-corrected chi connectivity index (χ0v) is 15.3. The Balaban J connectivity index is 2.14. The van der Waals surface area contributed by atoms with Crippen LogP contribution in [0.2, 0.25) is 0 Å². The Labute approximate surface area is 151 Å². The predicted octanol–water partition coefficient (Wildman–Crippen LogP) is 2.04. The number of hydrogen-bond acceptors (Lipinski definition) is 5. The topological polar surface area (TPSA) is 60.9 Å². The Morgan fingerprint density at radius 1 is 1.42 bits per heavy atom. The van der Waals surface area contributed by atoms with E-state index in [1.807, 2.05) is 44.2 Å². The van der Waals surface area contributed by atoms with Gasteiger partial charge in [0.1, 0.15) is 10.9 Å². The summed E-state index contributed by atoms with van der Waals surface area (Å²) in [4.78, 5) is 28.2. The van der Waals surface area contributed by atoms with Crippen molar-refractivity contribution in [2.24, 2.45) is 0 Å². The number of rotatable bonds is 6. The van der Waals surface area contributed by atoms with Crippen LogP contribution in [-0.4, -0.2) is 57.3 Å². The molecule has 7 heteroatoms. The fourth-order valence-electron chi connectivity index (χ4n) is 2.34. The molecular formula is C17H20N2O3S2. The van der Waals surface area contributed by atoms with Gasteiger partial charge in [-0.15, -0.1) is 0 Å². The molecule has 1 aromatic rings. The van der Waals surface area contributed by atoms with Gasteiger partial charge in [-0.3, -0.25) is 14.5 Å². The molecule has 0 atom stereocenters. The van der Waals surface area contributed by atoms with Crippen LogP contribution in [0.25, 0.3) is 6.08 Å². The van der Waals surface area contributed by atoms with Crippen LogP contribution in [0.15, 0.2) is 29.2 Å². The highest BCUT2D eigenvalue weighted by atomic mass is 32.2. The van der Waals surface area contributed by atoms with Gasteiger partial charge in [-0.2, -0.15) is 0 Å². The van der Waals surface area contributed by atoms with E-state index >= 15 is 0 Å². The van der Waals surface area contributed by atoms with Gasteiger partial charge in [0.2, 0.25) is 5.91 Å². The Morgan fingerprint density at radius 3 is 2.75 bits per heavy atom. The molecular weight excluding hydrogens is 344 g/mol. The molecule has 0 aliphatic carbocycles. The number of carbonyl (C=O) groups is 2. The molecule has 0 radical (unpaired) electrons. The van der Waals surface area contributed by atoms with Crippen LogP contribution in [-0.2, 0) is 9.59 Å². The smallest absolute Gasteiger partial charge is 0.266 e. The van der Waals surface area contributed by atoms with E-state index < -0.39 is 0 Å². The first-order chi connectivity index (χ1) is 11.5. The molecule has 1 heterocycles. The highest BCUT2D eigenvalue weighted by Gasteiger charge is 2.34. The first-order valence-electron chi connectivity index (χ1n) is 7.67. The van der Waals surface area contributed by atoms with Gasteiger partial charge in [0, 0.05) is 13.1 Å². The molecule has 0 saturated carbocycles. The molecule has 0 aromatic heterocycles. The van der Waals surface area contributed by atoms with Crippen molar-refractivity contribution in [3.63, 3.8) is 0 Å². The molecule has 1 saturated heterocycles. The van der Waals surface area contributed by atoms with Crippen LogP contribution < -0.4 is 0 Å². The van der Waals surface area contributed by atoms with Gasteiger partial charge in [0.05, 0.1) is 11.5 Å². The third-order valence-corrected chi connectivity index (χ3v) is 5.12. The standard InChI is InChI=1S/C17H20N2O3S2/c1-3-18(8-9-20)15(21)11-19-16(22)14(24-17(19)23)10-13-7-5-4-6-12(13)2/h4-7,10,20H,3,8-9,11H2,1-2H3/b14-10-. The van der Waals surface area contributed by atoms with Gasteiger partial charge >= 0.3 is 0 Å². The van der Waals surface area contributed by atoms with E-state index in [4.69, 9.17) is 17.3 Å². The van der Waals surface area contributed by atoms with Crippen LogP contribution in [0.5, 0.6) is 0 Å². The molecule has 1 aliphatic rings. The van der Waals surface area contributed by atoms with E-state index in [-0.39, 0.29) is 31.5 Å². The van der Waals surface area contributed by atoms with Gasteiger partial charge in [0.25, 0.3) is 5.91 Å². The Hall–Kier alpha value is -1.70. The maximum atomic E-state index is 12.6. The number of carbonyl (C=O) groups excluding carboxylic acids is 2. The monoisotopic (exact) mass is 364 g/mol. The van der Waals surface area contributed by atoms with E-state index in [1.165, 1.54) is 21.6 Å². The molecule has 24 heavy (non-hydrogen) atoms. The van der Waals surface area contributed by atoms with Crippen LogP contribution in [0, 0.1) is 6.92 Å². The summed E-state index contributed by atoms with van der Waals surface area (Å²) < 4.78 is 0.383. The van der Waals surface area contributed by atoms with Crippen molar-refractivity contribution in [3.05, 3.63) is 40.3 Å². The summed E-state index contributed by atoms with van der Waals surface area (Å²) in [6.45, 7) is 4.34. The zero-order valence-electron chi connectivity index (χ0n) is 13.7. The number of benzene rings is 1. The summed E-state index contributed by atoms with van der Waals surface area (Å²) in [6, 6.07) is 7.77. The van der Waals surface area contributed by atoms with E-state index in [9.17, 15) is 9.59 Å². The number of likely N-dealkylation sites (N-methyl/N-ethyl adjacent to an activating group) is 1. The van der Waals surface area contributed by atoms with Crippen molar-refractivity contribution < 1.29 is 14.7 Å². The SMILES string of the molecule is CCN(CCO)C(=O)CN1C(=O)/C(=C/c2ccccc2C)SC1=S. The van der Waals surface area contributed by atoms with Gasteiger partial charge in [-0.1, -0.05) is 48.2 Å². The lowest BCUT2D eigenvalue weighted by molar-refractivity contribution is -0.135. The molecule has 0 unspecified atom stereocenters. The average molecular weight is 364 g/mol. The number of thioether (sulfide) groups is 1. The zero-order chi connectivity index (χ0) is 17.7. The molecule has 1 N–H and O–H groups in total. The quantitative estimate of drug-likeness (QED) is 0.618. The van der Waals surface area contributed by atoms with Crippen LogP contribution in [0.4, 0.5) is 0 Å². The Kier molecular flexibility index (Phi) is 6.53. The molecule has 2 rings (SSSR count). The summed E-state index contributed by atoms with van der Waals surface area (Å²) in [5.41, 5.74) is 2.03. The number of aryl methyl sites for hydroxylation is 1. The van der Waals surface area contributed by atoms with Crippen molar-refractivity contribution in [2.45, 2.75) is 13.8 Å². The minimum absolute atomic E-state index is 0.0936. The van der Waals surface area contributed by atoms with Gasteiger partial charge in [-0.25, -0.2) is 0 Å². The first-order valence-corrected chi connectivity index (χ1v) is 8.90. The van der Waals surface area contributed by atoms with E-state index in [2.05, 4.69) is 0 Å². The van der Waals surface area contributed by atoms with Crippen molar-refractivity contribution in [2.75, 3.05) is 26.2 Å². The van der Waals surface area contributed by atoms with Crippen molar-refractivity contribution >= 4 is 46.2 Å². The number of thiocarbonyl (C=S) groups is 1. The minimum Gasteiger partial charge on any atom is -0.395 e. The molecule has 1 aliphatic heterocycles. The maximum absolute atomic E-state index is 12.6. The molecule has 0 spiro atoms. The molecule has 1 aromatic carbocycles. The third-order valence-electron chi connectivity index (χ3n) is 3.75. The van der Waals surface area contributed by atoms with Gasteiger partial charge in [0.15, 0.2) is 0 Å². The predicted molar refractivity (Wildman–Crippen MR) is 100 cm³/mol. The fraction of sp³-hybridized carbons (Fsp3) is 0.353. The second-order valence-corrected chi connectivity index (χ2v) is 7.00. The van der Waals surface area contributed by atoms with Crippen LogP contribution >= 0.6 is 24.0 Å². The number of hydrogen-bond donors (Lipinski definition) is 1. The number of amides is 2. The molecule has 0 bridgehead atoms. The second kappa shape index (κ2) is 8.41. The maximum Gasteiger partial charge on any atom is 0.266 e. The van der Waals surface area contributed by atoms with Crippen molar-refractivity contribution in [1.82, 2.24) is 9.80 Å². The largest absolute Gasteiger partial charge is 0.395 e. The molecule has 1 fully saturated rings. The minimum atomic E-state index is -0.248. The highest BCUT2D eigenvalue weighted by Crippen LogP contribution is 2.32. The second-order valence-electron chi connectivity index (χ2n) is 5.32. The Morgan fingerprint density at radius 2 is 2.12 bits per heavy atom. The fourth-order valence-corrected chi connectivity index (χ4v) is 3.59. The number of nitrogens with zero attached hydrogens (tertiary/aromatic N) is 2. The molecule has 2 amide bonds. The summed E-state index contributed by atoms with van der Waals surface area (Å²) >= 11 is 6.47. The van der Waals surface area contributed by atoms with Gasteiger partial charge < -0.3 is 10.0 Å². The van der Waals surface area contributed by atoms with E-state index in [0.29, 0.717) is 15.8 Å².